The number of nitriles is 1. The standard InChI is InChI=1S/C16H17N5O3/c1-3-23-6-7-24-12-5-4-10(8-13(12)22-2)14-11(9-17)15(18)21-16(19)20-14/h3-5,8H,1,6-7H2,2H3,(H4,18,19,20,21). The van der Waals surface area contributed by atoms with Crippen molar-refractivity contribution in [2.45, 2.75) is 0 Å². The van der Waals surface area contributed by atoms with Gasteiger partial charge in [0.15, 0.2) is 11.5 Å². The van der Waals surface area contributed by atoms with Crippen LogP contribution in [0.1, 0.15) is 5.56 Å². The molecule has 4 N–H and O–H groups in total. The number of rotatable bonds is 7. The minimum absolute atomic E-state index is 0.0117. The third-order valence-corrected chi connectivity index (χ3v) is 3.08. The van der Waals surface area contributed by atoms with Crippen molar-refractivity contribution in [1.82, 2.24) is 9.97 Å². The van der Waals surface area contributed by atoms with Crippen LogP contribution < -0.4 is 20.9 Å². The van der Waals surface area contributed by atoms with Crippen LogP contribution in [0.5, 0.6) is 11.5 Å². The van der Waals surface area contributed by atoms with Crippen LogP contribution >= 0.6 is 0 Å². The minimum atomic E-state index is -0.0117. The van der Waals surface area contributed by atoms with Crippen LogP contribution in [-0.4, -0.2) is 30.3 Å². The molecule has 0 bridgehead atoms. The lowest BCUT2D eigenvalue weighted by Crippen LogP contribution is -2.06. The first-order valence-corrected chi connectivity index (χ1v) is 6.97. The minimum Gasteiger partial charge on any atom is -0.498 e. The van der Waals surface area contributed by atoms with Crippen LogP contribution in [0, 0.1) is 11.3 Å². The quantitative estimate of drug-likeness (QED) is 0.581. The van der Waals surface area contributed by atoms with E-state index in [9.17, 15) is 5.26 Å². The maximum atomic E-state index is 9.27. The molecule has 0 saturated heterocycles. The lowest BCUT2D eigenvalue weighted by Gasteiger charge is -2.13. The van der Waals surface area contributed by atoms with Crippen LogP contribution in [0.2, 0.25) is 0 Å². The normalized spacial score (nSPS) is 9.83. The lowest BCUT2D eigenvalue weighted by atomic mass is 10.1. The van der Waals surface area contributed by atoms with Crippen LogP contribution in [0.25, 0.3) is 11.3 Å². The maximum Gasteiger partial charge on any atom is 0.222 e. The first-order chi connectivity index (χ1) is 11.6. The Morgan fingerprint density at radius 2 is 2.04 bits per heavy atom. The van der Waals surface area contributed by atoms with E-state index in [1.807, 2.05) is 6.07 Å². The van der Waals surface area contributed by atoms with Gasteiger partial charge in [-0.3, -0.25) is 0 Å². The molecule has 0 aliphatic carbocycles. The second-order valence-electron chi connectivity index (χ2n) is 4.55. The highest BCUT2D eigenvalue weighted by Crippen LogP contribution is 2.34. The molecule has 8 heteroatoms. The van der Waals surface area contributed by atoms with Crippen molar-refractivity contribution in [3.8, 4) is 28.8 Å². The summed E-state index contributed by atoms with van der Waals surface area (Å²) < 4.78 is 15.9. The first kappa shape index (κ1) is 16.9. The summed E-state index contributed by atoms with van der Waals surface area (Å²) in [6.07, 6.45) is 1.34. The number of hydrogen-bond donors (Lipinski definition) is 2. The molecule has 24 heavy (non-hydrogen) atoms. The number of benzene rings is 1. The summed E-state index contributed by atoms with van der Waals surface area (Å²) in [6, 6.07) is 7.11. The number of hydrogen-bond acceptors (Lipinski definition) is 8. The summed E-state index contributed by atoms with van der Waals surface area (Å²) in [5, 5.41) is 9.27. The molecule has 0 fully saturated rings. The maximum absolute atomic E-state index is 9.27. The molecule has 1 aromatic heterocycles. The number of nitrogen functional groups attached to an aromatic ring is 2. The average Bonchev–Trinajstić information content (AvgIpc) is 2.58. The van der Waals surface area contributed by atoms with Crippen molar-refractivity contribution >= 4 is 11.8 Å². The Labute approximate surface area is 139 Å². The molecular formula is C16H17N5O3. The van der Waals surface area contributed by atoms with E-state index in [1.54, 1.807) is 18.2 Å². The summed E-state index contributed by atoms with van der Waals surface area (Å²) in [4.78, 5) is 7.90. The fourth-order valence-corrected chi connectivity index (χ4v) is 2.03. The highest BCUT2D eigenvalue weighted by molar-refractivity contribution is 5.74. The van der Waals surface area contributed by atoms with Gasteiger partial charge < -0.3 is 25.7 Å². The number of methoxy groups -OCH3 is 1. The van der Waals surface area contributed by atoms with Crippen molar-refractivity contribution in [2.75, 3.05) is 31.8 Å². The first-order valence-electron chi connectivity index (χ1n) is 6.97. The fourth-order valence-electron chi connectivity index (χ4n) is 2.03. The van der Waals surface area contributed by atoms with E-state index >= 15 is 0 Å². The number of nitrogens with zero attached hydrogens (tertiary/aromatic N) is 3. The average molecular weight is 327 g/mol. The highest BCUT2D eigenvalue weighted by Gasteiger charge is 2.15. The third-order valence-electron chi connectivity index (χ3n) is 3.08. The summed E-state index contributed by atoms with van der Waals surface area (Å²) in [5.41, 5.74) is 12.5. The van der Waals surface area contributed by atoms with Gasteiger partial charge in [0, 0.05) is 5.56 Å². The second-order valence-corrected chi connectivity index (χ2v) is 4.55. The summed E-state index contributed by atoms with van der Waals surface area (Å²) in [5.74, 6) is 1.02. The van der Waals surface area contributed by atoms with Crippen molar-refractivity contribution < 1.29 is 14.2 Å². The molecule has 0 atom stereocenters. The molecular weight excluding hydrogens is 310 g/mol. The van der Waals surface area contributed by atoms with Crippen LogP contribution in [0.15, 0.2) is 31.0 Å². The van der Waals surface area contributed by atoms with E-state index in [1.165, 1.54) is 13.4 Å². The number of aromatic nitrogens is 2. The molecule has 0 radical (unpaired) electrons. The highest BCUT2D eigenvalue weighted by atomic mass is 16.5. The Morgan fingerprint density at radius 1 is 1.25 bits per heavy atom. The molecule has 2 aromatic rings. The number of ether oxygens (including phenoxy) is 3. The van der Waals surface area contributed by atoms with E-state index in [0.717, 1.165) is 0 Å². The molecule has 0 unspecified atom stereocenters. The van der Waals surface area contributed by atoms with Crippen molar-refractivity contribution in [2.24, 2.45) is 0 Å². The van der Waals surface area contributed by atoms with Crippen LogP contribution in [0.3, 0.4) is 0 Å². The van der Waals surface area contributed by atoms with Crippen molar-refractivity contribution in [3.05, 3.63) is 36.6 Å². The smallest absolute Gasteiger partial charge is 0.222 e. The van der Waals surface area contributed by atoms with E-state index in [-0.39, 0.29) is 17.3 Å². The summed E-state index contributed by atoms with van der Waals surface area (Å²) in [7, 11) is 1.51. The van der Waals surface area contributed by atoms with Gasteiger partial charge in [-0.2, -0.15) is 10.2 Å². The van der Waals surface area contributed by atoms with Crippen LogP contribution in [-0.2, 0) is 4.74 Å². The zero-order chi connectivity index (χ0) is 17.5. The predicted octanol–water partition coefficient (Wildman–Crippen LogP) is 1.73. The van der Waals surface area contributed by atoms with Crippen LogP contribution in [0.4, 0.5) is 11.8 Å². The predicted molar refractivity (Wildman–Crippen MR) is 89.2 cm³/mol. The van der Waals surface area contributed by atoms with Gasteiger partial charge in [0.1, 0.15) is 30.7 Å². The van der Waals surface area contributed by atoms with Gasteiger partial charge in [0.05, 0.1) is 19.1 Å². The van der Waals surface area contributed by atoms with Gasteiger partial charge >= 0.3 is 0 Å². The SMILES string of the molecule is C=COCCOc1ccc(-c2nc(N)nc(N)c2C#N)cc1OC. The Kier molecular flexibility index (Phi) is 5.41. The molecule has 1 aromatic carbocycles. The Hall–Kier alpha value is -3.47. The third kappa shape index (κ3) is 3.64. The molecule has 0 amide bonds. The Bertz CT molecular complexity index is 786. The van der Waals surface area contributed by atoms with Crippen molar-refractivity contribution in [1.29, 1.82) is 5.26 Å². The van der Waals surface area contributed by atoms with E-state index in [0.29, 0.717) is 36.0 Å². The second kappa shape index (κ2) is 7.69. The van der Waals surface area contributed by atoms with E-state index in [2.05, 4.69) is 16.5 Å². The molecule has 124 valence electrons. The molecule has 8 nitrogen and oxygen atoms in total. The molecule has 0 aliphatic rings. The zero-order valence-corrected chi connectivity index (χ0v) is 13.2. The Morgan fingerprint density at radius 3 is 2.71 bits per heavy atom. The Balaban J connectivity index is 2.36. The molecule has 0 spiro atoms. The van der Waals surface area contributed by atoms with Gasteiger partial charge in [-0.25, -0.2) is 4.98 Å². The van der Waals surface area contributed by atoms with Gasteiger partial charge in [0.2, 0.25) is 5.95 Å². The molecule has 2 rings (SSSR count). The van der Waals surface area contributed by atoms with E-state index < -0.39 is 0 Å². The molecule has 1 heterocycles. The fraction of sp³-hybridized carbons (Fsp3) is 0.188. The van der Waals surface area contributed by atoms with Gasteiger partial charge in [0.25, 0.3) is 0 Å². The van der Waals surface area contributed by atoms with Gasteiger partial charge in [-0.05, 0) is 18.2 Å². The molecule has 0 aliphatic heterocycles. The van der Waals surface area contributed by atoms with Gasteiger partial charge in [-0.1, -0.05) is 6.58 Å². The monoisotopic (exact) mass is 327 g/mol. The van der Waals surface area contributed by atoms with Gasteiger partial charge in [-0.15, -0.1) is 0 Å². The van der Waals surface area contributed by atoms with Crippen molar-refractivity contribution in [3.63, 3.8) is 0 Å². The van der Waals surface area contributed by atoms with E-state index in [4.69, 9.17) is 25.7 Å². The lowest BCUT2D eigenvalue weighted by molar-refractivity contribution is 0.176. The largest absolute Gasteiger partial charge is 0.498 e. The number of anilines is 2. The number of nitrogens with two attached hydrogens (primary N) is 2. The zero-order valence-electron chi connectivity index (χ0n) is 13.2. The topological polar surface area (TPSA) is 129 Å². The molecule has 0 saturated carbocycles. The summed E-state index contributed by atoms with van der Waals surface area (Å²) >= 11 is 0. The summed E-state index contributed by atoms with van der Waals surface area (Å²) in [6.45, 7) is 4.15.